The van der Waals surface area contributed by atoms with Gasteiger partial charge in [0.05, 0.1) is 13.0 Å². The van der Waals surface area contributed by atoms with Crippen molar-refractivity contribution < 1.29 is 14.3 Å². The van der Waals surface area contributed by atoms with E-state index in [1.54, 1.807) is 0 Å². The van der Waals surface area contributed by atoms with Crippen LogP contribution in [0.15, 0.2) is 54.6 Å². The average molecular weight is 366 g/mol. The summed E-state index contributed by atoms with van der Waals surface area (Å²) in [7, 11) is 0. The van der Waals surface area contributed by atoms with Gasteiger partial charge in [0.25, 0.3) is 0 Å². The van der Waals surface area contributed by atoms with Crippen molar-refractivity contribution >= 4 is 17.5 Å². The first kappa shape index (κ1) is 19.0. The van der Waals surface area contributed by atoms with E-state index in [-0.39, 0.29) is 17.7 Å². The molecule has 1 fully saturated rings. The Balaban J connectivity index is 1.40. The second-order valence-electron chi connectivity index (χ2n) is 6.93. The number of hydrogen-bond donors (Lipinski definition) is 1. The standard InChI is InChI=1S/C22H26N2O3/c1-17-6-5-7-19(16-17)23-22(26)18-10-13-24(14-11-18)21(25)12-15-27-20-8-3-2-4-9-20/h2-9,16,18H,10-15H2,1H3,(H,23,26). The molecular formula is C22H26N2O3. The topological polar surface area (TPSA) is 58.6 Å². The van der Waals surface area contributed by atoms with Crippen LogP contribution in [0.4, 0.5) is 5.69 Å². The summed E-state index contributed by atoms with van der Waals surface area (Å²) >= 11 is 0. The predicted octanol–water partition coefficient (Wildman–Crippen LogP) is 3.64. The van der Waals surface area contributed by atoms with E-state index in [1.165, 1.54) is 0 Å². The largest absolute Gasteiger partial charge is 0.493 e. The molecule has 2 aromatic carbocycles. The molecule has 0 saturated carbocycles. The van der Waals surface area contributed by atoms with E-state index in [0.29, 0.717) is 39.0 Å². The number of amides is 2. The number of carbonyl (C=O) groups is 2. The number of ether oxygens (including phenoxy) is 1. The lowest BCUT2D eigenvalue weighted by Crippen LogP contribution is -2.41. The third-order valence-electron chi connectivity index (χ3n) is 4.83. The van der Waals surface area contributed by atoms with Gasteiger partial charge in [0.15, 0.2) is 0 Å². The summed E-state index contributed by atoms with van der Waals surface area (Å²) in [4.78, 5) is 26.6. The Kier molecular flexibility index (Phi) is 6.47. The molecule has 2 amide bonds. The number of hydrogen-bond acceptors (Lipinski definition) is 3. The van der Waals surface area contributed by atoms with Gasteiger partial charge in [-0.25, -0.2) is 0 Å². The van der Waals surface area contributed by atoms with Crippen molar-refractivity contribution in [2.75, 3.05) is 25.0 Å². The zero-order valence-corrected chi connectivity index (χ0v) is 15.7. The van der Waals surface area contributed by atoms with E-state index in [9.17, 15) is 9.59 Å². The fourth-order valence-electron chi connectivity index (χ4n) is 3.29. The number of anilines is 1. The van der Waals surface area contributed by atoms with Crippen molar-refractivity contribution in [2.24, 2.45) is 5.92 Å². The number of benzene rings is 2. The highest BCUT2D eigenvalue weighted by Crippen LogP contribution is 2.20. The van der Waals surface area contributed by atoms with Crippen LogP contribution in [0.1, 0.15) is 24.8 Å². The number of carbonyl (C=O) groups excluding carboxylic acids is 2. The van der Waals surface area contributed by atoms with Crippen LogP contribution in [-0.2, 0) is 9.59 Å². The maximum absolute atomic E-state index is 12.4. The summed E-state index contributed by atoms with van der Waals surface area (Å²) in [5, 5.41) is 2.99. The van der Waals surface area contributed by atoms with Gasteiger partial charge in [0, 0.05) is 24.7 Å². The molecule has 0 atom stereocenters. The van der Waals surface area contributed by atoms with Gasteiger partial charge in [-0.15, -0.1) is 0 Å². The Morgan fingerprint density at radius 3 is 2.52 bits per heavy atom. The monoisotopic (exact) mass is 366 g/mol. The second kappa shape index (κ2) is 9.21. The van der Waals surface area contributed by atoms with Crippen molar-refractivity contribution in [2.45, 2.75) is 26.2 Å². The van der Waals surface area contributed by atoms with Gasteiger partial charge in [0.1, 0.15) is 5.75 Å². The van der Waals surface area contributed by atoms with Gasteiger partial charge in [-0.3, -0.25) is 9.59 Å². The number of piperidine rings is 1. The number of para-hydroxylation sites is 1. The van der Waals surface area contributed by atoms with E-state index in [0.717, 1.165) is 17.0 Å². The lowest BCUT2D eigenvalue weighted by atomic mass is 9.95. The normalized spacial score (nSPS) is 14.6. The quantitative estimate of drug-likeness (QED) is 0.849. The molecule has 0 bridgehead atoms. The summed E-state index contributed by atoms with van der Waals surface area (Å²) < 4.78 is 5.59. The average Bonchev–Trinajstić information content (AvgIpc) is 2.69. The van der Waals surface area contributed by atoms with E-state index < -0.39 is 0 Å². The lowest BCUT2D eigenvalue weighted by Gasteiger charge is -2.31. The highest BCUT2D eigenvalue weighted by atomic mass is 16.5. The highest BCUT2D eigenvalue weighted by Gasteiger charge is 2.27. The molecule has 0 radical (unpaired) electrons. The molecule has 5 nitrogen and oxygen atoms in total. The molecule has 3 rings (SSSR count). The number of nitrogens with one attached hydrogen (secondary N) is 1. The van der Waals surface area contributed by atoms with Crippen molar-refractivity contribution in [3.63, 3.8) is 0 Å². The first-order valence-electron chi connectivity index (χ1n) is 9.45. The Labute approximate surface area is 160 Å². The minimum atomic E-state index is -0.0462. The second-order valence-corrected chi connectivity index (χ2v) is 6.93. The molecule has 0 spiro atoms. The maximum Gasteiger partial charge on any atom is 0.227 e. The lowest BCUT2D eigenvalue weighted by molar-refractivity contribution is -0.135. The fraction of sp³-hybridized carbons (Fsp3) is 0.364. The third-order valence-corrected chi connectivity index (χ3v) is 4.83. The molecule has 1 aliphatic heterocycles. The number of aryl methyl sites for hydroxylation is 1. The molecule has 5 heteroatoms. The molecular weight excluding hydrogens is 340 g/mol. The Bertz CT molecular complexity index is 768. The Hall–Kier alpha value is -2.82. The maximum atomic E-state index is 12.4. The van der Waals surface area contributed by atoms with E-state index >= 15 is 0 Å². The van der Waals surface area contributed by atoms with Crippen LogP contribution in [0.5, 0.6) is 5.75 Å². The number of likely N-dealkylation sites (tertiary alicyclic amines) is 1. The van der Waals surface area contributed by atoms with Crippen LogP contribution in [0.3, 0.4) is 0 Å². The van der Waals surface area contributed by atoms with Gasteiger partial charge in [-0.05, 0) is 49.6 Å². The van der Waals surface area contributed by atoms with Crippen LogP contribution >= 0.6 is 0 Å². The first-order chi connectivity index (χ1) is 13.1. The summed E-state index contributed by atoms with van der Waals surface area (Å²) in [5.41, 5.74) is 1.95. The van der Waals surface area contributed by atoms with Crippen LogP contribution in [0.25, 0.3) is 0 Å². The molecule has 142 valence electrons. The van der Waals surface area contributed by atoms with Gasteiger partial charge in [0.2, 0.25) is 11.8 Å². The highest BCUT2D eigenvalue weighted by molar-refractivity contribution is 5.92. The van der Waals surface area contributed by atoms with Gasteiger partial charge >= 0.3 is 0 Å². The predicted molar refractivity (Wildman–Crippen MR) is 106 cm³/mol. The molecule has 0 unspecified atom stereocenters. The van der Waals surface area contributed by atoms with Gasteiger partial charge < -0.3 is 15.0 Å². The molecule has 0 aromatic heterocycles. The first-order valence-corrected chi connectivity index (χ1v) is 9.45. The fourth-order valence-corrected chi connectivity index (χ4v) is 3.29. The molecule has 0 aliphatic carbocycles. The SMILES string of the molecule is Cc1cccc(NC(=O)C2CCN(C(=O)CCOc3ccccc3)CC2)c1. The summed E-state index contributed by atoms with van der Waals surface area (Å²) in [6, 6.07) is 17.3. The Morgan fingerprint density at radius 1 is 1.07 bits per heavy atom. The third kappa shape index (κ3) is 5.58. The number of rotatable bonds is 6. The van der Waals surface area contributed by atoms with Crippen LogP contribution < -0.4 is 10.1 Å². The summed E-state index contributed by atoms with van der Waals surface area (Å²) in [5.74, 6) is 0.857. The van der Waals surface area contributed by atoms with Crippen LogP contribution in [-0.4, -0.2) is 36.4 Å². The van der Waals surface area contributed by atoms with Crippen molar-refractivity contribution in [3.8, 4) is 5.75 Å². The zero-order chi connectivity index (χ0) is 19.1. The molecule has 1 aliphatic rings. The van der Waals surface area contributed by atoms with Crippen LogP contribution in [0.2, 0.25) is 0 Å². The van der Waals surface area contributed by atoms with Gasteiger partial charge in [-0.2, -0.15) is 0 Å². The van der Waals surface area contributed by atoms with Gasteiger partial charge in [-0.1, -0.05) is 30.3 Å². The van der Waals surface area contributed by atoms with Crippen molar-refractivity contribution in [1.82, 2.24) is 4.90 Å². The molecule has 1 N–H and O–H groups in total. The summed E-state index contributed by atoms with van der Waals surface area (Å²) in [6.45, 7) is 3.62. The van der Waals surface area contributed by atoms with Crippen molar-refractivity contribution in [3.05, 3.63) is 60.2 Å². The van der Waals surface area contributed by atoms with Crippen molar-refractivity contribution in [1.29, 1.82) is 0 Å². The van der Waals surface area contributed by atoms with Crippen LogP contribution in [0, 0.1) is 12.8 Å². The minimum Gasteiger partial charge on any atom is -0.493 e. The molecule has 1 saturated heterocycles. The minimum absolute atomic E-state index is 0.0418. The smallest absolute Gasteiger partial charge is 0.227 e. The van der Waals surface area contributed by atoms with E-state index in [4.69, 9.17) is 4.74 Å². The van der Waals surface area contributed by atoms with E-state index in [1.807, 2.05) is 66.4 Å². The Morgan fingerprint density at radius 2 is 1.81 bits per heavy atom. The molecule has 27 heavy (non-hydrogen) atoms. The zero-order valence-electron chi connectivity index (χ0n) is 15.7. The van der Waals surface area contributed by atoms with E-state index in [2.05, 4.69) is 5.32 Å². The molecule has 1 heterocycles. The number of nitrogens with zero attached hydrogens (tertiary/aromatic N) is 1. The molecule has 2 aromatic rings. The summed E-state index contributed by atoms with van der Waals surface area (Å²) in [6.07, 6.45) is 1.75.